The lowest BCUT2D eigenvalue weighted by molar-refractivity contribution is 1.18. The second-order valence-corrected chi connectivity index (χ2v) is 8.70. The summed E-state index contributed by atoms with van der Waals surface area (Å²) in [5.41, 5.74) is 8.63. The summed E-state index contributed by atoms with van der Waals surface area (Å²) in [5, 5.41) is 4.66. The van der Waals surface area contributed by atoms with Gasteiger partial charge in [0.2, 0.25) is 0 Å². The highest BCUT2D eigenvalue weighted by Crippen LogP contribution is 2.40. The van der Waals surface area contributed by atoms with Crippen LogP contribution in [0.5, 0.6) is 0 Å². The van der Waals surface area contributed by atoms with Gasteiger partial charge in [0.25, 0.3) is 0 Å². The Labute approximate surface area is 194 Å². The predicted molar refractivity (Wildman–Crippen MR) is 140 cm³/mol. The molecule has 0 spiro atoms. The number of para-hydroxylation sites is 4. The van der Waals surface area contributed by atoms with Crippen LogP contribution in [0.25, 0.3) is 66.0 Å². The lowest BCUT2D eigenvalue weighted by Crippen LogP contribution is -1.98. The standard InChI is InChI=1S/C30H18N4/c1-2-9-19(10-3-1)33-24-14-6-4-11-20(24)21-16-17-26-27(29(21)33)28-22(12-8-18-31-28)30-32-23-13-5-7-15-25(23)34(26)30/h1-18H. The summed E-state index contributed by atoms with van der Waals surface area (Å²) in [7, 11) is 0. The van der Waals surface area contributed by atoms with Gasteiger partial charge in [0.15, 0.2) is 0 Å². The Morgan fingerprint density at radius 1 is 0.559 bits per heavy atom. The Kier molecular flexibility index (Phi) is 3.36. The molecule has 0 aliphatic carbocycles. The van der Waals surface area contributed by atoms with E-state index in [2.05, 4.69) is 100.0 Å². The summed E-state index contributed by atoms with van der Waals surface area (Å²) < 4.78 is 4.67. The maximum atomic E-state index is 5.01. The van der Waals surface area contributed by atoms with Crippen molar-refractivity contribution in [2.45, 2.75) is 0 Å². The fourth-order valence-electron chi connectivity index (χ4n) is 5.55. The Balaban J connectivity index is 1.75. The second kappa shape index (κ2) is 6.42. The van der Waals surface area contributed by atoms with Gasteiger partial charge in [-0.25, -0.2) is 4.98 Å². The van der Waals surface area contributed by atoms with Crippen molar-refractivity contribution < 1.29 is 0 Å². The highest BCUT2D eigenvalue weighted by atomic mass is 15.0. The molecule has 4 aromatic heterocycles. The third-order valence-electron chi connectivity index (χ3n) is 6.92. The third kappa shape index (κ3) is 2.17. The summed E-state index contributed by atoms with van der Waals surface area (Å²) in [5.74, 6) is 0. The van der Waals surface area contributed by atoms with Crippen molar-refractivity contribution in [3.05, 3.63) is 109 Å². The van der Waals surface area contributed by atoms with Crippen molar-refractivity contribution in [2.24, 2.45) is 0 Å². The van der Waals surface area contributed by atoms with Gasteiger partial charge < -0.3 is 4.57 Å². The van der Waals surface area contributed by atoms with Crippen LogP contribution in [0.1, 0.15) is 0 Å². The lowest BCUT2D eigenvalue weighted by Gasteiger charge is -2.13. The van der Waals surface area contributed by atoms with Crippen LogP contribution in [-0.4, -0.2) is 18.9 Å². The fourth-order valence-corrected chi connectivity index (χ4v) is 5.55. The molecule has 0 bridgehead atoms. The molecule has 0 unspecified atom stereocenters. The third-order valence-corrected chi connectivity index (χ3v) is 6.92. The van der Waals surface area contributed by atoms with E-state index < -0.39 is 0 Å². The van der Waals surface area contributed by atoms with Crippen LogP contribution in [-0.2, 0) is 0 Å². The second-order valence-electron chi connectivity index (χ2n) is 8.70. The van der Waals surface area contributed by atoms with E-state index in [4.69, 9.17) is 9.97 Å². The molecule has 8 rings (SSSR count). The maximum absolute atomic E-state index is 5.01. The van der Waals surface area contributed by atoms with Crippen molar-refractivity contribution in [3.63, 3.8) is 0 Å². The van der Waals surface area contributed by atoms with Crippen LogP contribution in [0, 0.1) is 0 Å². The molecule has 0 aliphatic heterocycles. The molecule has 0 N–H and O–H groups in total. The van der Waals surface area contributed by atoms with E-state index in [1.54, 1.807) is 0 Å². The van der Waals surface area contributed by atoms with Crippen molar-refractivity contribution >= 4 is 60.3 Å². The van der Waals surface area contributed by atoms with E-state index in [9.17, 15) is 0 Å². The van der Waals surface area contributed by atoms with E-state index >= 15 is 0 Å². The maximum Gasteiger partial charge on any atom is 0.147 e. The Hall–Kier alpha value is -4.70. The SMILES string of the molecule is c1ccc(-n2c3ccccc3c3ccc4c(c5ncccc5c5nc6ccccc6n45)c32)cc1. The van der Waals surface area contributed by atoms with Gasteiger partial charge in [-0.2, -0.15) is 0 Å². The fraction of sp³-hybridized carbons (Fsp3) is 0. The number of aromatic nitrogens is 4. The first kappa shape index (κ1) is 17.8. The van der Waals surface area contributed by atoms with Crippen molar-refractivity contribution in [2.75, 3.05) is 0 Å². The van der Waals surface area contributed by atoms with Crippen LogP contribution in [0.15, 0.2) is 109 Å². The predicted octanol–water partition coefficient (Wildman–Crippen LogP) is 7.29. The van der Waals surface area contributed by atoms with Crippen molar-refractivity contribution in [1.29, 1.82) is 0 Å². The average molecular weight is 435 g/mol. The average Bonchev–Trinajstić information content (AvgIpc) is 3.46. The van der Waals surface area contributed by atoms with Crippen LogP contribution in [0.2, 0.25) is 0 Å². The highest BCUT2D eigenvalue weighted by molar-refractivity contribution is 6.26. The van der Waals surface area contributed by atoms with Crippen LogP contribution in [0.3, 0.4) is 0 Å². The summed E-state index contributed by atoms with van der Waals surface area (Å²) in [4.78, 5) is 9.93. The number of nitrogens with zero attached hydrogens (tertiary/aromatic N) is 4. The van der Waals surface area contributed by atoms with Gasteiger partial charge in [-0.1, -0.05) is 54.6 Å². The first-order chi connectivity index (χ1) is 16.9. The number of pyridine rings is 2. The van der Waals surface area contributed by atoms with Gasteiger partial charge in [-0.3, -0.25) is 9.38 Å². The number of benzene rings is 4. The summed E-state index contributed by atoms with van der Waals surface area (Å²) in [6.45, 7) is 0. The summed E-state index contributed by atoms with van der Waals surface area (Å²) in [6, 6.07) is 36.2. The number of rotatable bonds is 1. The highest BCUT2D eigenvalue weighted by Gasteiger charge is 2.20. The molecule has 0 saturated carbocycles. The van der Waals surface area contributed by atoms with Gasteiger partial charge in [-0.05, 0) is 48.5 Å². The van der Waals surface area contributed by atoms with Gasteiger partial charge in [-0.15, -0.1) is 0 Å². The molecular formula is C30H18N4. The first-order valence-electron chi connectivity index (χ1n) is 11.5. The van der Waals surface area contributed by atoms with Gasteiger partial charge >= 0.3 is 0 Å². The Morgan fingerprint density at radius 3 is 2.24 bits per heavy atom. The zero-order chi connectivity index (χ0) is 22.2. The van der Waals surface area contributed by atoms with E-state index in [1.165, 1.54) is 21.8 Å². The minimum absolute atomic E-state index is 0.943. The molecule has 0 aliphatic rings. The molecule has 0 saturated heterocycles. The van der Waals surface area contributed by atoms with Gasteiger partial charge in [0, 0.05) is 33.4 Å². The Morgan fingerprint density at radius 2 is 1.32 bits per heavy atom. The molecule has 4 heterocycles. The molecule has 4 heteroatoms. The molecule has 158 valence electrons. The number of hydrogen-bond acceptors (Lipinski definition) is 2. The quantitative estimate of drug-likeness (QED) is 0.254. The normalized spacial score (nSPS) is 12.1. The molecule has 0 fully saturated rings. The minimum Gasteiger partial charge on any atom is -0.308 e. The van der Waals surface area contributed by atoms with Gasteiger partial charge in [0.1, 0.15) is 5.65 Å². The monoisotopic (exact) mass is 434 g/mol. The van der Waals surface area contributed by atoms with Crippen LogP contribution < -0.4 is 0 Å². The molecule has 0 atom stereocenters. The first-order valence-corrected chi connectivity index (χ1v) is 11.5. The van der Waals surface area contributed by atoms with Crippen molar-refractivity contribution in [1.82, 2.24) is 18.9 Å². The van der Waals surface area contributed by atoms with E-state index in [-0.39, 0.29) is 0 Å². The van der Waals surface area contributed by atoms with Gasteiger partial charge in [0.05, 0.1) is 33.1 Å². The topological polar surface area (TPSA) is 35.1 Å². The molecule has 4 nitrogen and oxygen atoms in total. The largest absolute Gasteiger partial charge is 0.308 e. The zero-order valence-corrected chi connectivity index (χ0v) is 18.2. The summed E-state index contributed by atoms with van der Waals surface area (Å²) >= 11 is 0. The number of fused-ring (bicyclic) bond motifs is 12. The molecule has 0 radical (unpaired) electrons. The van der Waals surface area contributed by atoms with E-state index in [0.717, 1.165) is 44.2 Å². The smallest absolute Gasteiger partial charge is 0.147 e. The molecular weight excluding hydrogens is 416 g/mol. The Bertz CT molecular complexity index is 2060. The zero-order valence-electron chi connectivity index (χ0n) is 18.2. The molecule has 8 aromatic rings. The molecule has 34 heavy (non-hydrogen) atoms. The lowest BCUT2D eigenvalue weighted by atomic mass is 10.1. The van der Waals surface area contributed by atoms with Crippen LogP contribution in [0.4, 0.5) is 0 Å². The van der Waals surface area contributed by atoms with E-state index in [1.807, 2.05) is 18.3 Å². The summed E-state index contributed by atoms with van der Waals surface area (Å²) in [6.07, 6.45) is 1.88. The molecule has 0 amide bonds. The number of hydrogen-bond donors (Lipinski definition) is 0. The molecule has 4 aromatic carbocycles. The van der Waals surface area contributed by atoms with Crippen LogP contribution >= 0.6 is 0 Å². The van der Waals surface area contributed by atoms with Crippen molar-refractivity contribution in [3.8, 4) is 5.69 Å². The number of imidazole rings is 1. The minimum atomic E-state index is 0.943. The van der Waals surface area contributed by atoms with E-state index in [0.29, 0.717) is 0 Å².